The maximum absolute atomic E-state index is 12.7. The van der Waals surface area contributed by atoms with Gasteiger partial charge in [0, 0.05) is 31.1 Å². The minimum absolute atomic E-state index is 0.0752. The summed E-state index contributed by atoms with van der Waals surface area (Å²) in [4.78, 5) is 27.4. The van der Waals surface area contributed by atoms with Crippen molar-refractivity contribution < 1.29 is 23.3 Å². The molecular weight excluding hydrogens is 598 g/mol. The summed E-state index contributed by atoms with van der Waals surface area (Å²) in [7, 11) is 0.140. The van der Waals surface area contributed by atoms with Crippen LogP contribution in [0.4, 0.5) is 5.69 Å². The van der Waals surface area contributed by atoms with Gasteiger partial charge in [0.2, 0.25) is 12.8 Å². The van der Waals surface area contributed by atoms with Crippen LogP contribution in [0.2, 0.25) is 5.02 Å². The zero-order valence-corrected chi connectivity index (χ0v) is 28.5. The van der Waals surface area contributed by atoms with Crippen molar-refractivity contribution in [3.63, 3.8) is 0 Å². The van der Waals surface area contributed by atoms with Crippen LogP contribution in [0, 0.1) is 5.92 Å². The van der Waals surface area contributed by atoms with Gasteiger partial charge in [0.25, 0.3) is 0 Å². The fraction of sp³-hybridized carbons (Fsp3) is 0.529. The highest BCUT2D eigenvalue weighted by molar-refractivity contribution is 7.83. The number of aryl methyl sites for hydroxylation is 1. The van der Waals surface area contributed by atoms with Crippen molar-refractivity contribution in [1.82, 2.24) is 9.62 Å². The standard InChI is InChI=1S/C34H48ClN3O5S/c1-7-10-26-19-28(35)12-14-30(26)27-21-38(32-20-29(44(41)36-23-39)13-15-33(32)42-22-27)17-16-25(8-2)31(37(6)24-40)11-9-18-43-34(3,4)5/h9,11-15,19-20,23-25,27,31H,7-8,10,16-18,21-22H2,1-6H3,(H,36,39)/b11-9+. The fourth-order valence-electron chi connectivity index (χ4n) is 5.69. The summed E-state index contributed by atoms with van der Waals surface area (Å²) in [6, 6.07) is 11.4. The smallest absolute Gasteiger partial charge is 0.219 e. The van der Waals surface area contributed by atoms with E-state index in [1.165, 1.54) is 11.1 Å². The predicted molar refractivity (Wildman–Crippen MR) is 179 cm³/mol. The average molecular weight is 646 g/mol. The van der Waals surface area contributed by atoms with Crippen LogP contribution in [0.1, 0.15) is 70.9 Å². The second-order valence-corrected chi connectivity index (χ2v) is 13.9. The molecule has 1 N–H and O–H groups in total. The maximum Gasteiger partial charge on any atom is 0.219 e. The molecule has 1 aliphatic heterocycles. The van der Waals surface area contributed by atoms with Gasteiger partial charge in [-0.15, -0.1) is 0 Å². The lowest BCUT2D eigenvalue weighted by molar-refractivity contribution is -0.119. The van der Waals surface area contributed by atoms with Gasteiger partial charge in [-0.05, 0) is 81.0 Å². The number of ether oxygens (including phenoxy) is 2. The first kappa shape index (κ1) is 35.6. The highest BCUT2D eigenvalue weighted by Gasteiger charge is 2.29. The van der Waals surface area contributed by atoms with Crippen molar-refractivity contribution in [3.8, 4) is 5.75 Å². The number of carbonyl (C=O) groups is 2. The Morgan fingerprint density at radius 3 is 2.64 bits per heavy atom. The number of amides is 2. The van der Waals surface area contributed by atoms with Crippen molar-refractivity contribution in [2.45, 2.75) is 82.8 Å². The zero-order valence-electron chi connectivity index (χ0n) is 26.9. The van der Waals surface area contributed by atoms with Gasteiger partial charge < -0.3 is 19.3 Å². The number of nitrogens with zero attached hydrogens (tertiary/aromatic N) is 2. The Bertz CT molecular complexity index is 1300. The molecule has 2 aromatic carbocycles. The number of hydrogen-bond acceptors (Lipinski definition) is 6. The van der Waals surface area contributed by atoms with Gasteiger partial charge in [-0.3, -0.25) is 14.3 Å². The summed E-state index contributed by atoms with van der Waals surface area (Å²) >= 11 is 6.39. The fourth-order valence-corrected chi connectivity index (χ4v) is 6.51. The van der Waals surface area contributed by atoms with E-state index in [2.05, 4.69) is 41.7 Å². The molecular formula is C34H48ClN3O5S. The number of carbonyl (C=O) groups excluding carboxylic acids is 2. The molecule has 0 bridgehead atoms. The number of likely N-dealkylation sites (N-methyl/N-ethyl adjacent to an activating group) is 1. The largest absolute Gasteiger partial charge is 0.491 e. The van der Waals surface area contributed by atoms with Gasteiger partial charge >= 0.3 is 0 Å². The van der Waals surface area contributed by atoms with Crippen LogP contribution in [0.3, 0.4) is 0 Å². The third-order valence-electron chi connectivity index (χ3n) is 7.94. The maximum atomic E-state index is 12.7. The normalized spacial score (nSPS) is 17.2. The molecule has 0 aromatic heterocycles. The molecule has 4 unspecified atom stereocenters. The molecule has 10 heteroatoms. The molecule has 0 aliphatic carbocycles. The van der Waals surface area contributed by atoms with Crippen LogP contribution < -0.4 is 14.4 Å². The number of hydrogen-bond donors (Lipinski definition) is 1. The number of benzene rings is 2. The van der Waals surface area contributed by atoms with Crippen LogP contribution in [0.5, 0.6) is 5.75 Å². The molecule has 3 rings (SSSR count). The van der Waals surface area contributed by atoms with Crippen LogP contribution in [0.15, 0.2) is 53.4 Å². The second kappa shape index (κ2) is 17.0. The van der Waals surface area contributed by atoms with E-state index in [9.17, 15) is 13.8 Å². The lowest BCUT2D eigenvalue weighted by Gasteiger charge is -2.33. The van der Waals surface area contributed by atoms with Crippen molar-refractivity contribution in [2.24, 2.45) is 5.92 Å². The quantitative estimate of drug-likeness (QED) is 0.171. The molecule has 2 amide bonds. The topological polar surface area (TPSA) is 88.2 Å². The summed E-state index contributed by atoms with van der Waals surface area (Å²) in [6.07, 6.45) is 9.00. The number of fused-ring (bicyclic) bond motifs is 1. The summed E-state index contributed by atoms with van der Waals surface area (Å²) in [5.74, 6) is 0.966. The molecule has 0 fully saturated rings. The number of rotatable bonds is 16. The summed E-state index contributed by atoms with van der Waals surface area (Å²) < 4.78 is 27.3. The molecule has 8 nitrogen and oxygen atoms in total. The van der Waals surface area contributed by atoms with Gasteiger partial charge in [-0.2, -0.15) is 0 Å². The molecule has 2 aromatic rings. The Morgan fingerprint density at radius 2 is 1.98 bits per heavy atom. The highest BCUT2D eigenvalue weighted by atomic mass is 35.5. The molecule has 242 valence electrons. The SMILES string of the molecule is CCCc1cc(Cl)ccc1C1COc2ccc(S(=O)NC=O)cc2N(CCC(CC)C(/C=C/COC(C)(C)C)N(C)C=O)C1. The van der Waals surface area contributed by atoms with Crippen LogP contribution in [-0.2, 0) is 31.7 Å². The van der Waals surface area contributed by atoms with Crippen molar-refractivity contribution in [3.05, 3.63) is 64.7 Å². The van der Waals surface area contributed by atoms with E-state index in [-0.39, 0.29) is 23.5 Å². The van der Waals surface area contributed by atoms with Crippen LogP contribution in [-0.4, -0.2) is 66.9 Å². The number of halogens is 1. The summed E-state index contributed by atoms with van der Waals surface area (Å²) in [5, 5.41) is 0.721. The Kier molecular flexibility index (Phi) is 13.7. The predicted octanol–water partition coefficient (Wildman–Crippen LogP) is 6.29. The molecule has 1 heterocycles. The first-order valence-corrected chi connectivity index (χ1v) is 16.9. The van der Waals surface area contributed by atoms with E-state index < -0.39 is 11.0 Å². The van der Waals surface area contributed by atoms with Crippen LogP contribution in [0.25, 0.3) is 0 Å². The molecule has 1 aliphatic rings. The third-order valence-corrected chi connectivity index (χ3v) is 9.17. The van der Waals surface area contributed by atoms with Gasteiger partial charge in [0.1, 0.15) is 5.75 Å². The minimum atomic E-state index is -1.68. The van der Waals surface area contributed by atoms with E-state index in [1.807, 2.05) is 52.1 Å². The third kappa shape index (κ3) is 10.1. The Labute approximate surface area is 270 Å². The summed E-state index contributed by atoms with van der Waals surface area (Å²) in [5.41, 5.74) is 3.02. The Hall–Kier alpha value is -2.88. The molecule has 0 spiro atoms. The van der Waals surface area contributed by atoms with E-state index in [1.54, 1.807) is 11.0 Å². The average Bonchev–Trinajstić information content (AvgIpc) is 3.17. The molecule has 0 saturated carbocycles. The molecule has 0 radical (unpaired) electrons. The van der Waals surface area contributed by atoms with Crippen molar-refractivity contribution in [2.75, 3.05) is 38.3 Å². The first-order valence-electron chi connectivity index (χ1n) is 15.4. The Morgan fingerprint density at radius 1 is 1.20 bits per heavy atom. The van der Waals surface area contributed by atoms with E-state index in [0.29, 0.717) is 43.4 Å². The molecule has 0 saturated heterocycles. The zero-order chi connectivity index (χ0) is 32.3. The second-order valence-electron chi connectivity index (χ2n) is 12.3. The van der Waals surface area contributed by atoms with Crippen molar-refractivity contribution in [1.29, 1.82) is 0 Å². The van der Waals surface area contributed by atoms with Gasteiger partial charge in [-0.25, -0.2) is 4.21 Å². The number of anilines is 1. The lowest BCUT2D eigenvalue weighted by Crippen LogP contribution is -2.38. The van der Waals surface area contributed by atoms with Gasteiger partial charge in [0.15, 0.2) is 11.0 Å². The van der Waals surface area contributed by atoms with Gasteiger partial charge in [0.05, 0.1) is 35.4 Å². The molecule has 4 atom stereocenters. The lowest BCUT2D eigenvalue weighted by atomic mass is 9.90. The highest BCUT2D eigenvalue weighted by Crippen LogP contribution is 2.38. The van der Waals surface area contributed by atoms with E-state index in [0.717, 1.165) is 42.8 Å². The Balaban J connectivity index is 1.95. The van der Waals surface area contributed by atoms with Gasteiger partial charge in [-0.1, -0.05) is 56.5 Å². The number of nitrogens with one attached hydrogen (secondary N) is 1. The van der Waals surface area contributed by atoms with Crippen LogP contribution >= 0.6 is 11.6 Å². The first-order chi connectivity index (χ1) is 21.0. The van der Waals surface area contributed by atoms with E-state index in [4.69, 9.17) is 21.1 Å². The monoisotopic (exact) mass is 645 g/mol. The van der Waals surface area contributed by atoms with E-state index >= 15 is 0 Å². The summed E-state index contributed by atoms with van der Waals surface area (Å²) in [6.45, 7) is 12.7. The molecule has 44 heavy (non-hydrogen) atoms. The minimum Gasteiger partial charge on any atom is -0.491 e. The van der Waals surface area contributed by atoms with Crippen molar-refractivity contribution >= 4 is 41.1 Å².